The van der Waals surface area contributed by atoms with Crippen LogP contribution in [-0.4, -0.2) is 12.1 Å². The van der Waals surface area contributed by atoms with Crippen molar-refractivity contribution in [3.63, 3.8) is 0 Å². The van der Waals surface area contributed by atoms with Gasteiger partial charge in [0.25, 0.3) is 0 Å². The number of methoxy groups -OCH3 is 1. The molecule has 22 heavy (non-hydrogen) atoms. The monoisotopic (exact) mass is 317 g/mol. The van der Waals surface area contributed by atoms with Crippen LogP contribution in [0.25, 0.3) is 11.3 Å². The topological polar surface area (TPSA) is 22.1 Å². The van der Waals surface area contributed by atoms with E-state index in [0.717, 1.165) is 28.5 Å². The molecule has 0 bridgehead atoms. The number of aromatic nitrogens is 1. The Morgan fingerprint density at radius 1 is 1.09 bits per heavy atom. The van der Waals surface area contributed by atoms with Crippen LogP contribution in [0.4, 0.5) is 8.78 Å². The molecule has 0 spiro atoms. The maximum Gasteiger partial charge on any atom is 0.132 e. The first-order chi connectivity index (χ1) is 10.7. The van der Waals surface area contributed by atoms with E-state index in [2.05, 4.69) is 4.98 Å². The number of benzene rings is 2. The molecule has 5 heteroatoms. The van der Waals surface area contributed by atoms with Crippen molar-refractivity contribution in [2.75, 3.05) is 7.11 Å². The standard InChI is InChI=1S/C17H13F2NOS/c1-21-13-5-2-11(3-6-13)8-17-20-16(10-22-17)14-9-12(18)4-7-15(14)19/h2-7,9-10H,8H2,1H3. The summed E-state index contributed by atoms with van der Waals surface area (Å²) < 4.78 is 32.1. The quantitative estimate of drug-likeness (QED) is 0.696. The molecule has 0 saturated carbocycles. The molecule has 3 aromatic rings. The third-order valence-corrected chi connectivity index (χ3v) is 4.12. The molecule has 2 nitrogen and oxygen atoms in total. The Kier molecular flexibility index (Phi) is 4.15. The summed E-state index contributed by atoms with van der Waals surface area (Å²) in [6.45, 7) is 0. The average Bonchev–Trinajstić information content (AvgIpc) is 2.99. The highest BCUT2D eigenvalue weighted by Gasteiger charge is 2.11. The molecule has 1 aromatic heterocycles. The SMILES string of the molecule is COc1ccc(Cc2nc(-c3cc(F)ccc3F)cs2)cc1. The second-order valence-electron chi connectivity index (χ2n) is 4.78. The second-order valence-corrected chi connectivity index (χ2v) is 5.72. The van der Waals surface area contributed by atoms with Crippen LogP contribution in [0, 0.1) is 11.6 Å². The molecule has 0 saturated heterocycles. The largest absolute Gasteiger partial charge is 0.497 e. The van der Waals surface area contributed by atoms with Gasteiger partial charge in [0.05, 0.1) is 17.8 Å². The highest BCUT2D eigenvalue weighted by molar-refractivity contribution is 7.10. The van der Waals surface area contributed by atoms with E-state index in [0.29, 0.717) is 12.1 Å². The molecule has 0 fully saturated rings. The van der Waals surface area contributed by atoms with Crippen LogP contribution in [0.15, 0.2) is 47.8 Å². The molecule has 0 aliphatic rings. The predicted octanol–water partition coefficient (Wildman–Crippen LogP) is 4.69. The lowest BCUT2D eigenvalue weighted by Gasteiger charge is -2.02. The lowest BCUT2D eigenvalue weighted by atomic mass is 10.1. The first kappa shape index (κ1) is 14.7. The van der Waals surface area contributed by atoms with Crippen LogP contribution in [0.5, 0.6) is 5.75 Å². The Labute approximate surface area is 131 Å². The molecule has 112 valence electrons. The van der Waals surface area contributed by atoms with Crippen LogP contribution in [0.3, 0.4) is 0 Å². The molecule has 0 amide bonds. The molecule has 0 aliphatic carbocycles. The van der Waals surface area contributed by atoms with Gasteiger partial charge in [-0.05, 0) is 35.9 Å². The zero-order valence-electron chi connectivity index (χ0n) is 11.8. The number of ether oxygens (including phenoxy) is 1. The molecule has 3 rings (SSSR count). The van der Waals surface area contributed by atoms with Crippen LogP contribution in [-0.2, 0) is 6.42 Å². The van der Waals surface area contributed by atoms with Gasteiger partial charge >= 0.3 is 0 Å². The number of halogens is 2. The summed E-state index contributed by atoms with van der Waals surface area (Å²) in [6.07, 6.45) is 0.644. The third kappa shape index (κ3) is 3.14. The molecular formula is C17H13F2NOS. The molecule has 0 radical (unpaired) electrons. The maximum absolute atomic E-state index is 13.8. The van der Waals surface area contributed by atoms with Crippen LogP contribution in [0.1, 0.15) is 10.6 Å². The Morgan fingerprint density at radius 3 is 2.59 bits per heavy atom. The summed E-state index contributed by atoms with van der Waals surface area (Å²) in [5, 5.41) is 2.60. The van der Waals surface area contributed by atoms with Crippen molar-refractivity contribution in [1.29, 1.82) is 0 Å². The number of hydrogen-bond acceptors (Lipinski definition) is 3. The van der Waals surface area contributed by atoms with Crippen molar-refractivity contribution in [3.8, 4) is 17.0 Å². The van der Waals surface area contributed by atoms with E-state index in [1.165, 1.54) is 17.4 Å². The van der Waals surface area contributed by atoms with E-state index in [1.54, 1.807) is 12.5 Å². The van der Waals surface area contributed by atoms with E-state index < -0.39 is 11.6 Å². The van der Waals surface area contributed by atoms with Crippen molar-refractivity contribution >= 4 is 11.3 Å². The van der Waals surface area contributed by atoms with Crippen molar-refractivity contribution in [2.45, 2.75) is 6.42 Å². The third-order valence-electron chi connectivity index (χ3n) is 3.27. The fourth-order valence-corrected chi connectivity index (χ4v) is 2.96. The Balaban J connectivity index is 1.82. The first-order valence-electron chi connectivity index (χ1n) is 6.68. The minimum atomic E-state index is -0.471. The molecular weight excluding hydrogens is 304 g/mol. The molecule has 1 heterocycles. The molecule has 2 aromatic carbocycles. The second kappa shape index (κ2) is 6.23. The van der Waals surface area contributed by atoms with Crippen LogP contribution >= 0.6 is 11.3 Å². The fraction of sp³-hybridized carbons (Fsp3) is 0.118. The molecule has 0 atom stereocenters. The number of rotatable bonds is 4. The van der Waals surface area contributed by atoms with E-state index in [4.69, 9.17) is 4.74 Å². The molecule has 0 aliphatic heterocycles. The Hall–Kier alpha value is -2.27. The van der Waals surface area contributed by atoms with E-state index >= 15 is 0 Å². The number of hydrogen-bond donors (Lipinski definition) is 0. The van der Waals surface area contributed by atoms with E-state index in [-0.39, 0.29) is 5.56 Å². The Morgan fingerprint density at radius 2 is 1.86 bits per heavy atom. The van der Waals surface area contributed by atoms with Gasteiger partial charge < -0.3 is 4.74 Å². The van der Waals surface area contributed by atoms with Gasteiger partial charge in [-0.3, -0.25) is 0 Å². The highest BCUT2D eigenvalue weighted by atomic mass is 32.1. The van der Waals surface area contributed by atoms with E-state index in [1.807, 2.05) is 24.3 Å². The zero-order valence-corrected chi connectivity index (χ0v) is 12.7. The summed E-state index contributed by atoms with van der Waals surface area (Å²) in [6, 6.07) is 11.1. The van der Waals surface area contributed by atoms with Crippen molar-refractivity contribution in [2.24, 2.45) is 0 Å². The normalized spacial score (nSPS) is 10.7. The van der Waals surface area contributed by atoms with Gasteiger partial charge in [-0.25, -0.2) is 13.8 Å². The van der Waals surface area contributed by atoms with Crippen molar-refractivity contribution in [3.05, 3.63) is 70.1 Å². The number of nitrogens with zero attached hydrogens (tertiary/aromatic N) is 1. The highest BCUT2D eigenvalue weighted by Crippen LogP contribution is 2.26. The van der Waals surface area contributed by atoms with E-state index in [9.17, 15) is 8.78 Å². The lowest BCUT2D eigenvalue weighted by molar-refractivity contribution is 0.414. The average molecular weight is 317 g/mol. The van der Waals surface area contributed by atoms with Crippen LogP contribution in [0.2, 0.25) is 0 Å². The summed E-state index contributed by atoms with van der Waals surface area (Å²) in [5.74, 6) is -0.144. The summed E-state index contributed by atoms with van der Waals surface area (Å²) in [7, 11) is 1.62. The van der Waals surface area contributed by atoms with Crippen molar-refractivity contribution < 1.29 is 13.5 Å². The summed E-state index contributed by atoms with van der Waals surface area (Å²) in [5.41, 5.74) is 1.74. The predicted molar refractivity (Wildman–Crippen MR) is 83.3 cm³/mol. The lowest BCUT2D eigenvalue weighted by Crippen LogP contribution is -1.90. The van der Waals surface area contributed by atoms with Crippen molar-refractivity contribution in [1.82, 2.24) is 4.98 Å². The van der Waals surface area contributed by atoms with Gasteiger partial charge in [0.2, 0.25) is 0 Å². The van der Waals surface area contributed by atoms with Gasteiger partial charge in [-0.2, -0.15) is 0 Å². The van der Waals surface area contributed by atoms with Gasteiger partial charge in [0.1, 0.15) is 17.4 Å². The van der Waals surface area contributed by atoms with Gasteiger partial charge in [-0.15, -0.1) is 11.3 Å². The zero-order chi connectivity index (χ0) is 15.5. The first-order valence-corrected chi connectivity index (χ1v) is 7.56. The molecule has 0 N–H and O–H groups in total. The van der Waals surface area contributed by atoms with Gasteiger partial charge in [0, 0.05) is 17.4 Å². The van der Waals surface area contributed by atoms with Gasteiger partial charge in [0.15, 0.2) is 0 Å². The summed E-state index contributed by atoms with van der Waals surface area (Å²) in [4.78, 5) is 4.40. The molecule has 0 unspecified atom stereocenters. The van der Waals surface area contributed by atoms with Crippen LogP contribution < -0.4 is 4.74 Å². The fourth-order valence-electron chi connectivity index (χ4n) is 2.13. The smallest absolute Gasteiger partial charge is 0.132 e. The maximum atomic E-state index is 13.8. The Bertz CT molecular complexity index is 784. The number of thiazole rings is 1. The summed E-state index contributed by atoms with van der Waals surface area (Å²) >= 11 is 1.43. The van der Waals surface area contributed by atoms with Gasteiger partial charge in [-0.1, -0.05) is 12.1 Å². The minimum absolute atomic E-state index is 0.192. The minimum Gasteiger partial charge on any atom is -0.497 e.